The number of nitrogens with one attached hydrogen (secondary N) is 1. The van der Waals surface area contributed by atoms with Crippen LogP contribution in [0.5, 0.6) is 0 Å². The Morgan fingerprint density at radius 3 is 2.16 bits per heavy atom. The minimum atomic E-state index is -0.628. The zero-order valence-electron chi connectivity index (χ0n) is 14.2. The summed E-state index contributed by atoms with van der Waals surface area (Å²) in [5.74, 6) is -1.58. The average Bonchev–Trinajstić information content (AvgIpc) is 2.96. The lowest BCUT2D eigenvalue weighted by Crippen LogP contribution is -2.14. The predicted molar refractivity (Wildman–Crippen MR) is 97.9 cm³/mol. The van der Waals surface area contributed by atoms with Crippen LogP contribution in [0.4, 0.5) is 5.00 Å². The Balaban J connectivity index is 2.38. The number of hydrogen-bond acceptors (Lipinski definition) is 7. The number of benzene rings is 1. The fraction of sp³-hybridized carbons (Fsp3) is 0.235. The maximum atomic E-state index is 12.5. The van der Waals surface area contributed by atoms with Crippen LogP contribution in [-0.2, 0) is 9.47 Å². The summed E-state index contributed by atoms with van der Waals surface area (Å²) in [4.78, 5) is 37.7. The highest BCUT2D eigenvalue weighted by molar-refractivity contribution is 7.98. The summed E-state index contributed by atoms with van der Waals surface area (Å²) in [6.45, 7) is 1.61. The summed E-state index contributed by atoms with van der Waals surface area (Å²) in [6, 6.07) is 7.06. The fourth-order valence-electron chi connectivity index (χ4n) is 2.15. The molecule has 0 aliphatic heterocycles. The lowest BCUT2D eigenvalue weighted by atomic mass is 10.1. The molecule has 6 nitrogen and oxygen atoms in total. The first-order valence-corrected chi connectivity index (χ1v) is 9.22. The molecule has 0 aliphatic carbocycles. The predicted octanol–water partition coefficient (Wildman–Crippen LogP) is 3.60. The van der Waals surface area contributed by atoms with Gasteiger partial charge in [0.15, 0.2) is 0 Å². The van der Waals surface area contributed by atoms with Gasteiger partial charge in [0.05, 0.1) is 19.8 Å². The van der Waals surface area contributed by atoms with E-state index in [2.05, 4.69) is 5.32 Å². The molecule has 25 heavy (non-hydrogen) atoms. The Bertz CT molecular complexity index is 811. The normalized spacial score (nSPS) is 10.2. The minimum absolute atomic E-state index is 0.155. The van der Waals surface area contributed by atoms with Crippen LogP contribution in [0.3, 0.4) is 0 Å². The molecule has 0 aliphatic rings. The zero-order valence-corrected chi connectivity index (χ0v) is 15.8. The van der Waals surface area contributed by atoms with E-state index in [1.807, 2.05) is 18.4 Å². The van der Waals surface area contributed by atoms with E-state index in [1.165, 1.54) is 14.2 Å². The van der Waals surface area contributed by atoms with Crippen LogP contribution in [0, 0.1) is 6.92 Å². The van der Waals surface area contributed by atoms with Crippen molar-refractivity contribution in [1.29, 1.82) is 0 Å². The number of hydrogen-bond donors (Lipinski definition) is 1. The molecule has 1 N–H and O–H groups in total. The molecule has 0 fully saturated rings. The van der Waals surface area contributed by atoms with Gasteiger partial charge in [0.25, 0.3) is 5.91 Å². The Kier molecular flexibility index (Phi) is 6.22. The summed E-state index contributed by atoms with van der Waals surface area (Å²) in [5.41, 5.74) is 1.01. The van der Waals surface area contributed by atoms with E-state index in [1.54, 1.807) is 30.8 Å². The van der Waals surface area contributed by atoms with Gasteiger partial charge in [-0.2, -0.15) is 0 Å². The quantitative estimate of drug-likeness (QED) is 0.631. The van der Waals surface area contributed by atoms with E-state index in [0.29, 0.717) is 11.1 Å². The fourth-order valence-corrected chi connectivity index (χ4v) is 3.67. The molecule has 1 aromatic heterocycles. The molecule has 0 saturated heterocycles. The van der Waals surface area contributed by atoms with Gasteiger partial charge in [-0.3, -0.25) is 4.79 Å². The van der Waals surface area contributed by atoms with Crippen molar-refractivity contribution >= 4 is 45.9 Å². The van der Waals surface area contributed by atoms with Gasteiger partial charge in [0.2, 0.25) is 0 Å². The molecule has 0 bridgehead atoms. The zero-order chi connectivity index (χ0) is 18.6. The van der Waals surface area contributed by atoms with Crippen molar-refractivity contribution in [3.8, 4) is 0 Å². The van der Waals surface area contributed by atoms with Crippen molar-refractivity contribution in [3.63, 3.8) is 0 Å². The standard InChI is InChI=1S/C17H17NO5S2/c1-9-12(16(20)22-2)15(25-13(9)17(21)23-3)18-14(19)10-5-7-11(24-4)8-6-10/h5-8H,1-4H3,(H,18,19). The molecule has 8 heteroatoms. The highest BCUT2D eigenvalue weighted by Gasteiger charge is 2.26. The number of amides is 1. The Labute approximate surface area is 153 Å². The van der Waals surface area contributed by atoms with Crippen LogP contribution in [0.1, 0.15) is 36.0 Å². The van der Waals surface area contributed by atoms with Gasteiger partial charge < -0.3 is 14.8 Å². The van der Waals surface area contributed by atoms with Crippen LogP contribution >= 0.6 is 23.1 Å². The van der Waals surface area contributed by atoms with Gasteiger partial charge in [-0.15, -0.1) is 23.1 Å². The van der Waals surface area contributed by atoms with Crippen molar-refractivity contribution in [2.45, 2.75) is 11.8 Å². The van der Waals surface area contributed by atoms with E-state index in [9.17, 15) is 14.4 Å². The topological polar surface area (TPSA) is 81.7 Å². The Morgan fingerprint density at radius 1 is 1.04 bits per heavy atom. The van der Waals surface area contributed by atoms with Crippen LogP contribution in [0.25, 0.3) is 0 Å². The summed E-state index contributed by atoms with van der Waals surface area (Å²) in [5, 5.41) is 2.94. The van der Waals surface area contributed by atoms with E-state index in [4.69, 9.17) is 9.47 Å². The molecule has 0 unspecified atom stereocenters. The average molecular weight is 379 g/mol. The smallest absolute Gasteiger partial charge is 0.348 e. The number of carbonyl (C=O) groups excluding carboxylic acids is 3. The molecule has 0 radical (unpaired) electrons. The van der Waals surface area contributed by atoms with Gasteiger partial charge >= 0.3 is 11.9 Å². The highest BCUT2D eigenvalue weighted by atomic mass is 32.2. The van der Waals surface area contributed by atoms with Crippen molar-refractivity contribution in [2.75, 3.05) is 25.8 Å². The number of ether oxygens (including phenoxy) is 2. The van der Waals surface area contributed by atoms with Gasteiger partial charge in [0.1, 0.15) is 9.88 Å². The van der Waals surface area contributed by atoms with Gasteiger partial charge in [0, 0.05) is 10.5 Å². The van der Waals surface area contributed by atoms with Crippen molar-refractivity contribution < 1.29 is 23.9 Å². The third kappa shape index (κ3) is 4.02. The minimum Gasteiger partial charge on any atom is -0.465 e. The van der Waals surface area contributed by atoms with Crippen LogP contribution < -0.4 is 5.32 Å². The third-order valence-electron chi connectivity index (χ3n) is 3.49. The van der Waals surface area contributed by atoms with Gasteiger partial charge in [-0.05, 0) is 43.0 Å². The number of thioether (sulfide) groups is 1. The number of rotatable bonds is 5. The monoisotopic (exact) mass is 379 g/mol. The van der Waals surface area contributed by atoms with Crippen LogP contribution in [0.15, 0.2) is 29.2 Å². The molecule has 1 heterocycles. The maximum Gasteiger partial charge on any atom is 0.348 e. The number of methoxy groups -OCH3 is 2. The molecule has 0 atom stereocenters. The van der Waals surface area contributed by atoms with Crippen LogP contribution in [-0.4, -0.2) is 38.3 Å². The number of esters is 2. The van der Waals surface area contributed by atoms with E-state index in [0.717, 1.165) is 16.2 Å². The lowest BCUT2D eigenvalue weighted by Gasteiger charge is -2.06. The first-order chi connectivity index (χ1) is 11.9. The van der Waals surface area contributed by atoms with Crippen molar-refractivity contribution in [1.82, 2.24) is 0 Å². The molecule has 1 amide bonds. The Morgan fingerprint density at radius 2 is 1.64 bits per heavy atom. The SMILES string of the molecule is COC(=O)c1sc(NC(=O)c2ccc(SC)cc2)c(C(=O)OC)c1C. The van der Waals surface area contributed by atoms with Gasteiger partial charge in [-0.25, -0.2) is 9.59 Å². The molecular weight excluding hydrogens is 362 g/mol. The second kappa shape index (κ2) is 8.17. The second-order valence-electron chi connectivity index (χ2n) is 4.93. The number of carbonyl (C=O) groups is 3. The Hall–Kier alpha value is -2.32. The summed E-state index contributed by atoms with van der Waals surface area (Å²) in [7, 11) is 2.49. The number of thiophene rings is 1. The largest absolute Gasteiger partial charge is 0.465 e. The highest BCUT2D eigenvalue weighted by Crippen LogP contribution is 2.34. The first-order valence-electron chi connectivity index (χ1n) is 7.18. The van der Waals surface area contributed by atoms with E-state index in [-0.39, 0.29) is 21.3 Å². The van der Waals surface area contributed by atoms with Crippen molar-refractivity contribution in [2.24, 2.45) is 0 Å². The lowest BCUT2D eigenvalue weighted by molar-refractivity contribution is 0.0601. The first kappa shape index (κ1) is 19.0. The second-order valence-corrected chi connectivity index (χ2v) is 6.83. The molecular formula is C17H17NO5S2. The molecule has 2 aromatic rings. The molecule has 2 rings (SSSR count). The van der Waals surface area contributed by atoms with E-state index < -0.39 is 11.9 Å². The molecule has 132 valence electrons. The molecule has 1 aromatic carbocycles. The summed E-state index contributed by atoms with van der Waals surface area (Å²) >= 11 is 2.55. The number of anilines is 1. The maximum absolute atomic E-state index is 12.5. The summed E-state index contributed by atoms with van der Waals surface area (Å²) < 4.78 is 9.48. The summed E-state index contributed by atoms with van der Waals surface area (Å²) in [6.07, 6.45) is 1.94. The third-order valence-corrected chi connectivity index (χ3v) is 5.42. The molecule has 0 saturated carbocycles. The van der Waals surface area contributed by atoms with Crippen molar-refractivity contribution in [3.05, 3.63) is 45.8 Å². The van der Waals surface area contributed by atoms with E-state index >= 15 is 0 Å². The van der Waals surface area contributed by atoms with Crippen LogP contribution in [0.2, 0.25) is 0 Å². The van der Waals surface area contributed by atoms with Gasteiger partial charge in [-0.1, -0.05) is 0 Å². The molecule has 0 spiro atoms.